The summed E-state index contributed by atoms with van der Waals surface area (Å²) in [5, 5.41) is 10.8. The highest BCUT2D eigenvalue weighted by Crippen LogP contribution is 2.16. The van der Waals surface area contributed by atoms with Crippen molar-refractivity contribution in [1.82, 2.24) is 15.0 Å². The quantitative estimate of drug-likeness (QED) is 0.677. The van der Waals surface area contributed by atoms with E-state index in [0.29, 0.717) is 23.3 Å². The molecule has 3 rings (SSSR count). The Bertz CT molecular complexity index is 963. The molecule has 1 amide bonds. The van der Waals surface area contributed by atoms with Crippen LogP contribution in [-0.4, -0.2) is 33.0 Å². The molecule has 0 aliphatic heterocycles. The maximum Gasteiger partial charge on any atom is 0.338 e. The molecule has 0 saturated heterocycles. The molecule has 27 heavy (non-hydrogen) atoms. The van der Waals surface area contributed by atoms with Gasteiger partial charge in [-0.05, 0) is 56.2 Å². The van der Waals surface area contributed by atoms with Crippen molar-refractivity contribution < 1.29 is 14.3 Å². The van der Waals surface area contributed by atoms with Gasteiger partial charge in [-0.1, -0.05) is 24.3 Å². The molecule has 1 N–H and O–H groups in total. The van der Waals surface area contributed by atoms with E-state index in [2.05, 4.69) is 22.6 Å². The predicted octanol–water partition coefficient (Wildman–Crippen LogP) is 3.20. The number of carbonyl (C=O) groups excluding carboxylic acids is 2. The van der Waals surface area contributed by atoms with Crippen LogP contribution in [0.3, 0.4) is 0 Å². The molecule has 1 heterocycles. The summed E-state index contributed by atoms with van der Waals surface area (Å²) in [6, 6.07) is 12.6. The first-order chi connectivity index (χ1) is 13.0. The van der Waals surface area contributed by atoms with Gasteiger partial charge in [-0.3, -0.25) is 4.79 Å². The zero-order valence-corrected chi connectivity index (χ0v) is 15.6. The van der Waals surface area contributed by atoms with E-state index in [4.69, 9.17) is 4.74 Å². The lowest BCUT2D eigenvalue weighted by Gasteiger charge is -2.14. The summed E-state index contributed by atoms with van der Waals surface area (Å²) in [7, 11) is 0. The molecule has 7 heteroatoms. The average molecular weight is 366 g/mol. The number of hydrogen-bond donors (Lipinski definition) is 1. The molecule has 0 radical (unpaired) electrons. The van der Waals surface area contributed by atoms with E-state index in [1.54, 1.807) is 29.8 Å². The lowest BCUT2D eigenvalue weighted by atomic mass is 10.1. The lowest BCUT2D eigenvalue weighted by molar-refractivity contribution is -0.123. The number of hydrogen-bond acceptors (Lipinski definition) is 5. The van der Waals surface area contributed by atoms with E-state index < -0.39 is 12.1 Å². The van der Waals surface area contributed by atoms with E-state index in [-0.39, 0.29) is 5.91 Å². The Hall–Kier alpha value is -3.22. The zero-order chi connectivity index (χ0) is 19.4. The van der Waals surface area contributed by atoms with Gasteiger partial charge in [0.1, 0.15) is 5.52 Å². The molecule has 2 aromatic carbocycles. The molecule has 140 valence electrons. The number of anilines is 1. The number of amides is 1. The summed E-state index contributed by atoms with van der Waals surface area (Å²) in [4.78, 5) is 24.6. The van der Waals surface area contributed by atoms with Crippen LogP contribution in [0, 0.1) is 0 Å². The summed E-state index contributed by atoms with van der Waals surface area (Å²) in [6.45, 7) is 6.26. The monoisotopic (exact) mass is 366 g/mol. The molecule has 1 atom stereocenters. The molecule has 0 spiro atoms. The van der Waals surface area contributed by atoms with Gasteiger partial charge >= 0.3 is 5.97 Å². The smallest absolute Gasteiger partial charge is 0.338 e. The van der Waals surface area contributed by atoms with Gasteiger partial charge < -0.3 is 10.1 Å². The Kier molecular flexibility index (Phi) is 5.49. The van der Waals surface area contributed by atoms with E-state index >= 15 is 0 Å². The largest absolute Gasteiger partial charge is 0.449 e. The van der Waals surface area contributed by atoms with E-state index in [9.17, 15) is 9.59 Å². The maximum absolute atomic E-state index is 12.4. The lowest BCUT2D eigenvalue weighted by Crippen LogP contribution is -2.30. The van der Waals surface area contributed by atoms with Gasteiger partial charge in [-0.25, -0.2) is 9.48 Å². The number of nitrogens with zero attached hydrogens (tertiary/aromatic N) is 3. The third kappa shape index (κ3) is 4.13. The standard InChI is InChI=1S/C20H22N4O3/c1-4-14-6-9-16(10-7-14)21-19(25)13(3)27-20(26)15-8-11-18-17(12-15)22-23-24(18)5-2/h6-13H,4-5H2,1-3H3,(H,21,25)/t13-/m1/s1. The fraction of sp³-hybridized carbons (Fsp3) is 0.300. The molecule has 3 aromatic rings. The fourth-order valence-corrected chi connectivity index (χ4v) is 2.68. The van der Waals surface area contributed by atoms with E-state index in [1.165, 1.54) is 5.56 Å². The number of rotatable bonds is 6. The Morgan fingerprint density at radius 3 is 2.56 bits per heavy atom. The van der Waals surface area contributed by atoms with Crippen LogP contribution in [0.5, 0.6) is 0 Å². The van der Waals surface area contributed by atoms with Crippen LogP contribution in [0.15, 0.2) is 42.5 Å². The number of aryl methyl sites for hydroxylation is 2. The minimum Gasteiger partial charge on any atom is -0.449 e. The van der Waals surface area contributed by atoms with Gasteiger partial charge in [0.2, 0.25) is 0 Å². The molecular weight excluding hydrogens is 344 g/mol. The first-order valence-electron chi connectivity index (χ1n) is 8.95. The Morgan fingerprint density at radius 1 is 1.15 bits per heavy atom. The van der Waals surface area contributed by atoms with Crippen molar-refractivity contribution in [2.45, 2.75) is 39.8 Å². The highest BCUT2D eigenvalue weighted by atomic mass is 16.5. The number of aromatic nitrogens is 3. The second-order valence-corrected chi connectivity index (χ2v) is 6.20. The van der Waals surface area contributed by atoms with Crippen molar-refractivity contribution in [2.24, 2.45) is 0 Å². The number of fused-ring (bicyclic) bond motifs is 1. The highest BCUT2D eigenvalue weighted by molar-refractivity contribution is 5.98. The fourth-order valence-electron chi connectivity index (χ4n) is 2.68. The maximum atomic E-state index is 12.4. The van der Waals surface area contributed by atoms with Crippen LogP contribution >= 0.6 is 0 Å². The summed E-state index contributed by atoms with van der Waals surface area (Å²) >= 11 is 0. The summed E-state index contributed by atoms with van der Waals surface area (Å²) < 4.78 is 7.03. The first kappa shape index (κ1) is 18.6. The molecule has 0 aliphatic carbocycles. The van der Waals surface area contributed by atoms with Crippen molar-refractivity contribution >= 4 is 28.6 Å². The summed E-state index contributed by atoms with van der Waals surface area (Å²) in [5.74, 6) is -0.961. The van der Waals surface area contributed by atoms with Crippen molar-refractivity contribution in [3.8, 4) is 0 Å². The first-order valence-corrected chi connectivity index (χ1v) is 8.95. The zero-order valence-electron chi connectivity index (χ0n) is 15.6. The van der Waals surface area contributed by atoms with Crippen LogP contribution in [0.1, 0.15) is 36.7 Å². The van der Waals surface area contributed by atoms with Gasteiger partial charge in [0, 0.05) is 12.2 Å². The van der Waals surface area contributed by atoms with Crippen LogP contribution in [0.4, 0.5) is 5.69 Å². The molecule has 0 unspecified atom stereocenters. The Labute approximate surface area is 157 Å². The van der Waals surface area contributed by atoms with E-state index in [1.807, 2.05) is 31.2 Å². The van der Waals surface area contributed by atoms with Gasteiger partial charge in [0.25, 0.3) is 5.91 Å². The van der Waals surface area contributed by atoms with Crippen LogP contribution in [-0.2, 0) is 22.5 Å². The number of carbonyl (C=O) groups is 2. The second kappa shape index (κ2) is 7.99. The number of ether oxygens (including phenoxy) is 1. The van der Waals surface area contributed by atoms with Gasteiger partial charge in [0.05, 0.1) is 11.1 Å². The number of nitrogens with one attached hydrogen (secondary N) is 1. The van der Waals surface area contributed by atoms with Crippen LogP contribution < -0.4 is 5.32 Å². The molecule has 0 fully saturated rings. The topological polar surface area (TPSA) is 86.1 Å². The molecule has 1 aromatic heterocycles. The predicted molar refractivity (Wildman–Crippen MR) is 103 cm³/mol. The normalized spacial score (nSPS) is 12.0. The number of esters is 1. The molecule has 7 nitrogen and oxygen atoms in total. The van der Waals surface area contributed by atoms with Crippen molar-refractivity contribution in [1.29, 1.82) is 0 Å². The molecule has 0 bridgehead atoms. The third-order valence-electron chi connectivity index (χ3n) is 4.33. The molecule has 0 aliphatic rings. The molecule has 0 saturated carbocycles. The molecular formula is C20H22N4O3. The van der Waals surface area contributed by atoms with Gasteiger partial charge in [0.15, 0.2) is 6.10 Å². The third-order valence-corrected chi connectivity index (χ3v) is 4.33. The summed E-state index contributed by atoms with van der Waals surface area (Å²) in [6.07, 6.45) is 0.00359. The highest BCUT2D eigenvalue weighted by Gasteiger charge is 2.20. The van der Waals surface area contributed by atoms with Gasteiger partial charge in [-0.15, -0.1) is 5.10 Å². The minimum atomic E-state index is -0.926. The summed E-state index contributed by atoms with van der Waals surface area (Å²) in [5.41, 5.74) is 3.63. The van der Waals surface area contributed by atoms with Crippen molar-refractivity contribution in [3.05, 3.63) is 53.6 Å². The van der Waals surface area contributed by atoms with Crippen LogP contribution in [0.25, 0.3) is 11.0 Å². The minimum absolute atomic E-state index is 0.331. The second-order valence-electron chi connectivity index (χ2n) is 6.20. The van der Waals surface area contributed by atoms with Crippen LogP contribution in [0.2, 0.25) is 0 Å². The Morgan fingerprint density at radius 2 is 1.89 bits per heavy atom. The number of benzene rings is 2. The van der Waals surface area contributed by atoms with Crippen molar-refractivity contribution in [2.75, 3.05) is 5.32 Å². The van der Waals surface area contributed by atoms with Crippen molar-refractivity contribution in [3.63, 3.8) is 0 Å². The van der Waals surface area contributed by atoms with E-state index in [0.717, 1.165) is 11.9 Å². The average Bonchev–Trinajstić information content (AvgIpc) is 3.10. The Balaban J connectivity index is 1.64. The SMILES string of the molecule is CCc1ccc(NC(=O)[C@@H](C)OC(=O)c2ccc3c(c2)nnn3CC)cc1. The van der Waals surface area contributed by atoms with Gasteiger partial charge in [-0.2, -0.15) is 0 Å².